The summed E-state index contributed by atoms with van der Waals surface area (Å²) < 4.78 is 0. The minimum Gasteiger partial charge on any atom is -0.316 e. The molecule has 0 amide bonds. The smallest absolute Gasteiger partial charge is 0.0162 e. The lowest BCUT2D eigenvalue weighted by Crippen LogP contribution is -2.08. The second kappa shape index (κ2) is 4.73. The fourth-order valence-electron chi connectivity index (χ4n) is 1.16. The first-order valence-corrected chi connectivity index (χ1v) is 4.20. The van der Waals surface area contributed by atoms with E-state index in [0.717, 1.165) is 6.54 Å². The number of likely N-dealkylation sites (N-methyl/N-ethyl adjacent to an activating group) is 1. The van der Waals surface area contributed by atoms with Crippen LogP contribution in [-0.2, 0) is 0 Å². The van der Waals surface area contributed by atoms with Crippen molar-refractivity contribution >= 4 is 6.08 Å². The van der Waals surface area contributed by atoms with Gasteiger partial charge < -0.3 is 5.32 Å². The Morgan fingerprint density at radius 3 is 2.58 bits per heavy atom. The number of hydrogen-bond acceptors (Lipinski definition) is 1. The highest BCUT2D eigenvalue weighted by Crippen LogP contribution is 2.04. The molecule has 0 aliphatic carbocycles. The van der Waals surface area contributed by atoms with Gasteiger partial charge in [-0.2, -0.15) is 0 Å². The molecule has 12 heavy (non-hydrogen) atoms. The summed E-state index contributed by atoms with van der Waals surface area (Å²) in [7, 11) is 1.96. The van der Waals surface area contributed by atoms with E-state index in [1.165, 1.54) is 11.1 Å². The second-order valence-electron chi connectivity index (χ2n) is 2.93. The van der Waals surface area contributed by atoms with E-state index in [-0.39, 0.29) is 0 Å². The van der Waals surface area contributed by atoms with Crippen molar-refractivity contribution in [3.63, 3.8) is 0 Å². The minimum atomic E-state index is 0.953. The van der Waals surface area contributed by atoms with Crippen LogP contribution in [0.4, 0.5) is 0 Å². The molecule has 0 aromatic heterocycles. The van der Waals surface area contributed by atoms with E-state index in [9.17, 15) is 0 Å². The van der Waals surface area contributed by atoms with Crippen LogP contribution in [-0.4, -0.2) is 13.6 Å². The summed E-state index contributed by atoms with van der Waals surface area (Å²) in [5.41, 5.74) is 2.62. The van der Waals surface area contributed by atoms with E-state index in [4.69, 9.17) is 0 Å². The summed E-state index contributed by atoms with van der Waals surface area (Å²) in [6, 6.07) is 10.4. The molecule has 0 aliphatic rings. The third-order valence-corrected chi connectivity index (χ3v) is 1.67. The third-order valence-electron chi connectivity index (χ3n) is 1.67. The largest absolute Gasteiger partial charge is 0.316 e. The molecule has 0 spiro atoms. The van der Waals surface area contributed by atoms with Gasteiger partial charge in [-0.25, -0.2) is 0 Å². The van der Waals surface area contributed by atoms with Crippen LogP contribution in [0, 0.1) is 0 Å². The molecule has 0 saturated heterocycles. The number of hydrogen-bond donors (Lipinski definition) is 1. The standard InChI is InChI=1S/C11H15N/c1-10(9-12-2)8-11-6-4-3-5-7-11/h3-8,12H,9H2,1-2H3/b10-8-. The summed E-state index contributed by atoms with van der Waals surface area (Å²) >= 11 is 0. The van der Waals surface area contributed by atoms with Crippen molar-refractivity contribution in [1.82, 2.24) is 5.32 Å². The SMILES string of the molecule is CNC/C(C)=C\c1ccccc1. The minimum absolute atomic E-state index is 0.953. The van der Waals surface area contributed by atoms with Gasteiger partial charge in [0.2, 0.25) is 0 Å². The average Bonchev–Trinajstić information content (AvgIpc) is 2.06. The van der Waals surface area contributed by atoms with E-state index in [1.807, 2.05) is 13.1 Å². The van der Waals surface area contributed by atoms with Crippen LogP contribution in [0.25, 0.3) is 6.08 Å². The molecular formula is C11H15N. The molecule has 0 radical (unpaired) electrons. The summed E-state index contributed by atoms with van der Waals surface area (Å²) in [6.07, 6.45) is 2.19. The van der Waals surface area contributed by atoms with Crippen LogP contribution < -0.4 is 5.32 Å². The van der Waals surface area contributed by atoms with Crippen molar-refractivity contribution in [1.29, 1.82) is 0 Å². The molecule has 0 heterocycles. The average molecular weight is 161 g/mol. The lowest BCUT2D eigenvalue weighted by Gasteiger charge is -1.98. The fourth-order valence-corrected chi connectivity index (χ4v) is 1.16. The summed E-state index contributed by atoms with van der Waals surface area (Å²) in [4.78, 5) is 0. The van der Waals surface area contributed by atoms with Crippen LogP contribution in [0.5, 0.6) is 0 Å². The Bertz CT molecular complexity index is 249. The molecule has 1 rings (SSSR count). The normalized spacial score (nSPS) is 11.7. The van der Waals surface area contributed by atoms with Gasteiger partial charge in [-0.3, -0.25) is 0 Å². The molecule has 0 unspecified atom stereocenters. The van der Waals surface area contributed by atoms with E-state index in [0.29, 0.717) is 0 Å². The van der Waals surface area contributed by atoms with Crippen molar-refractivity contribution in [3.8, 4) is 0 Å². The lowest BCUT2D eigenvalue weighted by molar-refractivity contribution is 0.884. The molecule has 0 atom stereocenters. The zero-order valence-corrected chi connectivity index (χ0v) is 7.67. The van der Waals surface area contributed by atoms with Gasteiger partial charge in [-0.05, 0) is 19.5 Å². The highest BCUT2D eigenvalue weighted by molar-refractivity contribution is 5.52. The molecule has 1 aromatic carbocycles. The van der Waals surface area contributed by atoms with Gasteiger partial charge in [0, 0.05) is 6.54 Å². The van der Waals surface area contributed by atoms with E-state index >= 15 is 0 Å². The molecule has 64 valence electrons. The molecule has 0 aliphatic heterocycles. The zero-order chi connectivity index (χ0) is 8.81. The van der Waals surface area contributed by atoms with Gasteiger partial charge in [-0.15, -0.1) is 0 Å². The molecule has 0 bridgehead atoms. The Labute approximate surface area is 74.1 Å². The molecule has 0 fully saturated rings. The summed E-state index contributed by atoms with van der Waals surface area (Å²) in [5.74, 6) is 0. The van der Waals surface area contributed by atoms with Gasteiger partial charge in [0.05, 0.1) is 0 Å². The van der Waals surface area contributed by atoms with Gasteiger partial charge in [0.25, 0.3) is 0 Å². The van der Waals surface area contributed by atoms with Crippen molar-refractivity contribution in [2.75, 3.05) is 13.6 Å². The summed E-state index contributed by atoms with van der Waals surface area (Å²) in [5, 5.41) is 3.12. The predicted molar refractivity (Wildman–Crippen MR) is 54.0 cm³/mol. The Kier molecular flexibility index (Phi) is 3.55. The van der Waals surface area contributed by atoms with Crippen molar-refractivity contribution in [2.24, 2.45) is 0 Å². The Morgan fingerprint density at radius 1 is 1.33 bits per heavy atom. The molecule has 0 saturated carbocycles. The predicted octanol–water partition coefficient (Wildman–Crippen LogP) is 2.31. The quantitative estimate of drug-likeness (QED) is 0.717. The highest BCUT2D eigenvalue weighted by atomic mass is 14.8. The van der Waals surface area contributed by atoms with Crippen molar-refractivity contribution in [2.45, 2.75) is 6.92 Å². The number of benzene rings is 1. The highest BCUT2D eigenvalue weighted by Gasteiger charge is 1.87. The van der Waals surface area contributed by atoms with Gasteiger partial charge in [0.1, 0.15) is 0 Å². The lowest BCUT2D eigenvalue weighted by atomic mass is 10.1. The molecule has 1 nitrogen and oxygen atoms in total. The number of nitrogens with one attached hydrogen (secondary N) is 1. The Balaban J connectivity index is 2.67. The maximum Gasteiger partial charge on any atom is 0.0162 e. The van der Waals surface area contributed by atoms with Gasteiger partial charge in [-0.1, -0.05) is 42.0 Å². The third kappa shape index (κ3) is 2.89. The maximum atomic E-state index is 3.12. The van der Waals surface area contributed by atoms with Gasteiger partial charge in [0.15, 0.2) is 0 Å². The monoisotopic (exact) mass is 161 g/mol. The maximum absolute atomic E-state index is 3.12. The van der Waals surface area contributed by atoms with Crippen LogP contribution >= 0.6 is 0 Å². The zero-order valence-electron chi connectivity index (χ0n) is 7.67. The molecule has 1 N–H and O–H groups in total. The first-order chi connectivity index (χ1) is 5.83. The van der Waals surface area contributed by atoms with Crippen LogP contribution in [0.15, 0.2) is 35.9 Å². The second-order valence-corrected chi connectivity index (χ2v) is 2.93. The molecular weight excluding hydrogens is 146 g/mol. The van der Waals surface area contributed by atoms with Crippen LogP contribution in [0.1, 0.15) is 12.5 Å². The fraction of sp³-hybridized carbons (Fsp3) is 0.273. The Morgan fingerprint density at radius 2 is 2.00 bits per heavy atom. The van der Waals surface area contributed by atoms with E-state index < -0.39 is 0 Å². The molecule has 1 aromatic rings. The van der Waals surface area contributed by atoms with E-state index in [1.54, 1.807) is 0 Å². The van der Waals surface area contributed by atoms with E-state index in [2.05, 4.69) is 42.6 Å². The molecule has 1 heteroatoms. The van der Waals surface area contributed by atoms with Crippen LogP contribution in [0.3, 0.4) is 0 Å². The summed E-state index contributed by atoms with van der Waals surface area (Å²) in [6.45, 7) is 3.08. The first kappa shape index (κ1) is 9.01. The van der Waals surface area contributed by atoms with Crippen molar-refractivity contribution in [3.05, 3.63) is 41.5 Å². The number of rotatable bonds is 3. The first-order valence-electron chi connectivity index (χ1n) is 4.20. The topological polar surface area (TPSA) is 12.0 Å². The van der Waals surface area contributed by atoms with Gasteiger partial charge >= 0.3 is 0 Å². The Hall–Kier alpha value is -1.08. The van der Waals surface area contributed by atoms with Crippen molar-refractivity contribution < 1.29 is 0 Å². The van der Waals surface area contributed by atoms with Crippen LogP contribution in [0.2, 0.25) is 0 Å².